The topological polar surface area (TPSA) is 17.8 Å². The fourth-order valence-corrected chi connectivity index (χ4v) is 2.55. The standard InChI is InChI=1S/C18H18N2/c1-14-13-17(19-20(14)2)18(15-9-5-3-6-10-15)16-11-7-4-8-12-16/h3-13,18H,1-2H3. The highest BCUT2D eigenvalue weighted by molar-refractivity contribution is 5.40. The van der Waals surface area contributed by atoms with Gasteiger partial charge in [0.05, 0.1) is 11.6 Å². The van der Waals surface area contributed by atoms with Crippen molar-refractivity contribution < 1.29 is 0 Å². The van der Waals surface area contributed by atoms with E-state index >= 15 is 0 Å². The fraction of sp³-hybridized carbons (Fsp3) is 0.167. The normalized spacial score (nSPS) is 10.9. The summed E-state index contributed by atoms with van der Waals surface area (Å²) in [6.07, 6.45) is 0. The number of aryl methyl sites for hydroxylation is 2. The van der Waals surface area contributed by atoms with Crippen molar-refractivity contribution >= 4 is 0 Å². The molecule has 0 aliphatic rings. The zero-order valence-corrected chi connectivity index (χ0v) is 11.8. The van der Waals surface area contributed by atoms with E-state index in [4.69, 9.17) is 0 Å². The molecule has 3 rings (SSSR count). The summed E-state index contributed by atoms with van der Waals surface area (Å²) >= 11 is 0. The highest BCUT2D eigenvalue weighted by atomic mass is 15.3. The molecule has 3 aromatic rings. The lowest BCUT2D eigenvalue weighted by Crippen LogP contribution is -2.04. The van der Waals surface area contributed by atoms with Crippen molar-refractivity contribution in [1.29, 1.82) is 0 Å². The van der Waals surface area contributed by atoms with Crippen LogP contribution in [0.1, 0.15) is 28.4 Å². The monoisotopic (exact) mass is 262 g/mol. The second-order valence-corrected chi connectivity index (χ2v) is 5.09. The van der Waals surface area contributed by atoms with Gasteiger partial charge in [-0.3, -0.25) is 4.68 Å². The summed E-state index contributed by atoms with van der Waals surface area (Å²) in [5.74, 6) is 0.192. The molecule has 20 heavy (non-hydrogen) atoms. The van der Waals surface area contributed by atoms with E-state index in [1.54, 1.807) is 0 Å². The van der Waals surface area contributed by atoms with Crippen LogP contribution in [0.2, 0.25) is 0 Å². The lowest BCUT2D eigenvalue weighted by atomic mass is 9.88. The van der Waals surface area contributed by atoms with Gasteiger partial charge in [-0.05, 0) is 24.1 Å². The maximum Gasteiger partial charge on any atom is 0.0746 e. The maximum absolute atomic E-state index is 4.68. The number of nitrogens with zero attached hydrogens (tertiary/aromatic N) is 2. The van der Waals surface area contributed by atoms with Gasteiger partial charge in [0, 0.05) is 12.7 Å². The van der Waals surface area contributed by atoms with Crippen LogP contribution in [-0.2, 0) is 7.05 Å². The summed E-state index contributed by atoms with van der Waals surface area (Å²) < 4.78 is 1.94. The van der Waals surface area contributed by atoms with E-state index in [0.717, 1.165) is 5.69 Å². The van der Waals surface area contributed by atoms with E-state index in [0.29, 0.717) is 0 Å². The van der Waals surface area contributed by atoms with Crippen LogP contribution in [0.25, 0.3) is 0 Å². The molecule has 1 heterocycles. The predicted molar refractivity (Wildman–Crippen MR) is 81.8 cm³/mol. The second kappa shape index (κ2) is 5.33. The molecular formula is C18H18N2. The van der Waals surface area contributed by atoms with Crippen molar-refractivity contribution in [2.45, 2.75) is 12.8 Å². The fourth-order valence-electron chi connectivity index (χ4n) is 2.55. The summed E-state index contributed by atoms with van der Waals surface area (Å²) in [6.45, 7) is 2.09. The lowest BCUT2D eigenvalue weighted by molar-refractivity contribution is 0.714. The van der Waals surface area contributed by atoms with E-state index in [-0.39, 0.29) is 5.92 Å². The van der Waals surface area contributed by atoms with Crippen LogP contribution in [0.15, 0.2) is 66.7 Å². The predicted octanol–water partition coefficient (Wildman–Crippen LogP) is 3.91. The minimum absolute atomic E-state index is 0.192. The van der Waals surface area contributed by atoms with E-state index in [1.165, 1.54) is 16.8 Å². The van der Waals surface area contributed by atoms with Crippen LogP contribution in [0.5, 0.6) is 0 Å². The Bertz CT molecular complexity index is 625. The van der Waals surface area contributed by atoms with Gasteiger partial charge < -0.3 is 0 Å². The second-order valence-electron chi connectivity index (χ2n) is 5.09. The van der Waals surface area contributed by atoms with E-state index in [1.807, 2.05) is 11.7 Å². The molecule has 0 amide bonds. The SMILES string of the molecule is Cc1cc(C(c2ccccc2)c2ccccc2)nn1C. The van der Waals surface area contributed by atoms with Crippen molar-refractivity contribution in [3.05, 3.63) is 89.2 Å². The maximum atomic E-state index is 4.68. The van der Waals surface area contributed by atoms with Crippen LogP contribution in [0.4, 0.5) is 0 Å². The zero-order chi connectivity index (χ0) is 13.9. The van der Waals surface area contributed by atoms with Gasteiger partial charge in [0.25, 0.3) is 0 Å². The van der Waals surface area contributed by atoms with Gasteiger partial charge in [-0.15, -0.1) is 0 Å². The molecule has 0 saturated heterocycles. The van der Waals surface area contributed by atoms with Crippen LogP contribution < -0.4 is 0 Å². The first-order valence-corrected chi connectivity index (χ1v) is 6.86. The largest absolute Gasteiger partial charge is 0.273 e. The summed E-state index contributed by atoms with van der Waals surface area (Å²) in [5, 5.41) is 4.68. The first-order chi connectivity index (χ1) is 9.75. The third-order valence-electron chi connectivity index (χ3n) is 3.69. The van der Waals surface area contributed by atoms with Gasteiger partial charge >= 0.3 is 0 Å². The molecule has 0 bridgehead atoms. The molecule has 0 aliphatic carbocycles. The Morgan fingerprint density at radius 1 is 0.850 bits per heavy atom. The number of aromatic nitrogens is 2. The smallest absolute Gasteiger partial charge is 0.0746 e. The quantitative estimate of drug-likeness (QED) is 0.699. The van der Waals surface area contributed by atoms with Crippen LogP contribution >= 0.6 is 0 Å². The summed E-state index contributed by atoms with van der Waals surface area (Å²) in [4.78, 5) is 0. The molecule has 0 aliphatic heterocycles. The minimum Gasteiger partial charge on any atom is -0.273 e. The molecule has 2 aromatic carbocycles. The summed E-state index contributed by atoms with van der Waals surface area (Å²) in [6, 6.07) is 23.3. The Kier molecular flexibility index (Phi) is 3.38. The van der Waals surface area contributed by atoms with Crippen molar-refractivity contribution in [1.82, 2.24) is 9.78 Å². The molecule has 0 spiro atoms. The molecular weight excluding hydrogens is 244 g/mol. The van der Waals surface area contributed by atoms with Crippen LogP contribution in [0, 0.1) is 6.92 Å². The minimum atomic E-state index is 0.192. The number of hydrogen-bond acceptors (Lipinski definition) is 1. The van der Waals surface area contributed by atoms with Gasteiger partial charge in [-0.25, -0.2) is 0 Å². The van der Waals surface area contributed by atoms with E-state index in [2.05, 4.69) is 78.8 Å². The number of benzene rings is 2. The van der Waals surface area contributed by atoms with Crippen LogP contribution in [-0.4, -0.2) is 9.78 Å². The first-order valence-electron chi connectivity index (χ1n) is 6.86. The van der Waals surface area contributed by atoms with Crippen molar-refractivity contribution in [3.8, 4) is 0 Å². The van der Waals surface area contributed by atoms with Crippen molar-refractivity contribution in [2.75, 3.05) is 0 Å². The van der Waals surface area contributed by atoms with E-state index < -0.39 is 0 Å². The molecule has 1 aromatic heterocycles. The molecule has 0 atom stereocenters. The van der Waals surface area contributed by atoms with Gasteiger partial charge in [0.15, 0.2) is 0 Å². The molecule has 0 radical (unpaired) electrons. The lowest BCUT2D eigenvalue weighted by Gasteiger charge is -2.15. The molecule has 0 fully saturated rings. The highest BCUT2D eigenvalue weighted by Crippen LogP contribution is 2.30. The molecule has 0 unspecified atom stereocenters. The number of hydrogen-bond donors (Lipinski definition) is 0. The van der Waals surface area contributed by atoms with Gasteiger partial charge in [0.2, 0.25) is 0 Å². The third-order valence-corrected chi connectivity index (χ3v) is 3.69. The Labute approximate surface area is 119 Å². The number of rotatable bonds is 3. The average Bonchev–Trinajstić information content (AvgIpc) is 2.81. The Balaban J connectivity index is 2.14. The summed E-state index contributed by atoms with van der Waals surface area (Å²) in [7, 11) is 1.99. The third kappa shape index (κ3) is 2.37. The molecule has 2 heteroatoms. The Morgan fingerprint density at radius 3 is 1.75 bits per heavy atom. The van der Waals surface area contributed by atoms with Gasteiger partial charge in [-0.1, -0.05) is 60.7 Å². The van der Waals surface area contributed by atoms with Crippen molar-refractivity contribution in [2.24, 2.45) is 7.05 Å². The van der Waals surface area contributed by atoms with Gasteiger partial charge in [-0.2, -0.15) is 5.10 Å². The molecule has 0 N–H and O–H groups in total. The molecule has 0 saturated carbocycles. The average molecular weight is 262 g/mol. The van der Waals surface area contributed by atoms with Crippen molar-refractivity contribution in [3.63, 3.8) is 0 Å². The Hall–Kier alpha value is -2.35. The van der Waals surface area contributed by atoms with E-state index in [9.17, 15) is 0 Å². The van der Waals surface area contributed by atoms with Gasteiger partial charge in [0.1, 0.15) is 0 Å². The molecule has 2 nitrogen and oxygen atoms in total. The molecule has 100 valence electrons. The zero-order valence-electron chi connectivity index (χ0n) is 11.8. The first kappa shape index (κ1) is 12.7. The Morgan fingerprint density at radius 2 is 1.35 bits per heavy atom. The highest BCUT2D eigenvalue weighted by Gasteiger charge is 2.19. The summed E-state index contributed by atoms with van der Waals surface area (Å²) in [5.41, 5.74) is 4.83. The van der Waals surface area contributed by atoms with Crippen LogP contribution in [0.3, 0.4) is 0 Å².